The Kier molecular flexibility index (Phi) is 8.43. The highest BCUT2D eigenvalue weighted by atomic mass is 127. The van der Waals surface area contributed by atoms with E-state index in [9.17, 15) is 19.5 Å². The number of carboxylic acid groups (broad SMARTS) is 1. The van der Waals surface area contributed by atoms with Crippen molar-refractivity contribution in [3.63, 3.8) is 0 Å². The van der Waals surface area contributed by atoms with Crippen molar-refractivity contribution < 1.29 is 24.6 Å². The van der Waals surface area contributed by atoms with Crippen molar-refractivity contribution in [3.05, 3.63) is 21.8 Å². The Balaban J connectivity index is 3.46. The van der Waals surface area contributed by atoms with Gasteiger partial charge in [-0.2, -0.15) is 0 Å². The molecule has 10 heteroatoms. The minimum atomic E-state index is -1.13. The molecule has 0 aliphatic rings. The molecule has 0 aliphatic heterocycles. The predicted molar refractivity (Wildman–Crippen MR) is 109 cm³/mol. The third kappa shape index (κ3) is 5.12. The predicted octanol–water partition coefficient (Wildman–Crippen LogP) is 2.16. The highest BCUT2D eigenvalue weighted by Crippen LogP contribution is 2.35. The smallest absolute Gasteiger partial charge is 0.337 e. The SMILES string of the molecule is CCC(=O)NCc1c(I)c(NC(=O)CO)c(I)c(C(=O)O)c1I. The van der Waals surface area contributed by atoms with Gasteiger partial charge < -0.3 is 20.8 Å². The second kappa shape index (κ2) is 9.31. The van der Waals surface area contributed by atoms with Crippen LogP contribution < -0.4 is 10.6 Å². The summed E-state index contributed by atoms with van der Waals surface area (Å²) in [6.07, 6.45) is 0.317. The molecule has 0 spiro atoms. The molecule has 0 radical (unpaired) electrons. The number of rotatable bonds is 6. The van der Waals surface area contributed by atoms with E-state index in [1.165, 1.54) is 0 Å². The van der Waals surface area contributed by atoms with Gasteiger partial charge in [0.25, 0.3) is 0 Å². The number of hydrogen-bond acceptors (Lipinski definition) is 4. The Bertz CT molecular complexity index is 664. The summed E-state index contributed by atoms with van der Waals surface area (Å²) in [4.78, 5) is 34.5. The third-order valence-electron chi connectivity index (χ3n) is 2.81. The van der Waals surface area contributed by atoms with E-state index in [1.54, 1.807) is 6.92 Å². The highest BCUT2D eigenvalue weighted by Gasteiger charge is 2.25. The Morgan fingerprint density at radius 1 is 1.04 bits per heavy atom. The summed E-state index contributed by atoms with van der Waals surface area (Å²) < 4.78 is 1.50. The van der Waals surface area contributed by atoms with Gasteiger partial charge in [-0.05, 0) is 67.8 Å². The van der Waals surface area contributed by atoms with Gasteiger partial charge >= 0.3 is 5.97 Å². The number of aliphatic hydroxyl groups excluding tert-OH is 1. The van der Waals surface area contributed by atoms with E-state index in [0.717, 1.165) is 0 Å². The Hall–Kier alpha value is -0.220. The second-order valence-corrected chi connectivity index (χ2v) is 7.55. The fraction of sp³-hybridized carbons (Fsp3) is 0.308. The van der Waals surface area contributed by atoms with E-state index in [1.807, 2.05) is 67.8 Å². The number of benzene rings is 1. The monoisotopic (exact) mass is 658 g/mol. The first-order valence-corrected chi connectivity index (χ1v) is 9.58. The van der Waals surface area contributed by atoms with E-state index in [2.05, 4.69) is 10.6 Å². The summed E-state index contributed by atoms with van der Waals surface area (Å²) in [6.45, 7) is 1.17. The van der Waals surface area contributed by atoms with E-state index in [4.69, 9.17) is 5.11 Å². The van der Waals surface area contributed by atoms with Gasteiger partial charge in [0.1, 0.15) is 6.61 Å². The number of carbonyl (C=O) groups is 3. The molecule has 0 unspecified atom stereocenters. The number of hydrogen-bond donors (Lipinski definition) is 4. The lowest BCUT2D eigenvalue weighted by molar-refractivity contribution is -0.121. The van der Waals surface area contributed by atoms with Gasteiger partial charge in [-0.25, -0.2) is 4.79 Å². The first kappa shape index (κ1) is 20.8. The van der Waals surface area contributed by atoms with Crippen molar-refractivity contribution in [3.8, 4) is 0 Å². The fourth-order valence-corrected chi connectivity index (χ4v) is 5.94. The van der Waals surface area contributed by atoms with Crippen molar-refractivity contribution in [2.24, 2.45) is 0 Å². The quantitative estimate of drug-likeness (QED) is 0.350. The van der Waals surface area contributed by atoms with Gasteiger partial charge in [0.2, 0.25) is 11.8 Å². The number of carboxylic acids is 1. The van der Waals surface area contributed by atoms with Crippen LogP contribution in [0, 0.1) is 10.7 Å². The summed E-state index contributed by atoms with van der Waals surface area (Å²) in [5, 5.41) is 23.6. The maximum absolute atomic E-state index is 11.5. The van der Waals surface area contributed by atoms with Crippen molar-refractivity contribution in [1.29, 1.82) is 0 Å². The molecule has 0 saturated carbocycles. The normalized spacial score (nSPS) is 10.3. The molecule has 2 amide bonds. The lowest BCUT2D eigenvalue weighted by Gasteiger charge is -2.18. The minimum Gasteiger partial charge on any atom is -0.478 e. The molecule has 126 valence electrons. The average Bonchev–Trinajstić information content (AvgIpc) is 2.50. The molecule has 0 saturated heterocycles. The molecule has 0 aliphatic carbocycles. The topological polar surface area (TPSA) is 116 Å². The zero-order chi connectivity index (χ0) is 17.7. The van der Waals surface area contributed by atoms with Crippen LogP contribution in [-0.2, 0) is 16.1 Å². The van der Waals surface area contributed by atoms with Crippen molar-refractivity contribution in [2.75, 3.05) is 11.9 Å². The van der Waals surface area contributed by atoms with Gasteiger partial charge in [-0.1, -0.05) is 6.92 Å². The summed E-state index contributed by atoms with van der Waals surface area (Å²) in [6, 6.07) is 0. The van der Waals surface area contributed by atoms with E-state index in [0.29, 0.717) is 28.4 Å². The summed E-state index contributed by atoms with van der Waals surface area (Å²) >= 11 is 5.76. The maximum Gasteiger partial charge on any atom is 0.337 e. The molecule has 4 N–H and O–H groups in total. The number of carbonyl (C=O) groups excluding carboxylic acids is 2. The van der Waals surface area contributed by atoms with E-state index >= 15 is 0 Å². The zero-order valence-electron chi connectivity index (χ0n) is 11.9. The Morgan fingerprint density at radius 2 is 1.65 bits per heavy atom. The van der Waals surface area contributed by atoms with Crippen LogP contribution in [0.15, 0.2) is 0 Å². The standard InChI is InChI=1S/C13H13I3N2O5/c1-2-6(20)17-3-5-9(14)8(13(22)23)11(16)12(10(5)15)18-7(21)4-19/h19H,2-4H2,1H3,(H,17,20)(H,18,21)(H,22,23). The molecule has 1 rings (SSSR count). The van der Waals surface area contributed by atoms with Crippen LogP contribution in [0.3, 0.4) is 0 Å². The third-order valence-corrected chi connectivity index (χ3v) is 6.27. The number of aromatic carboxylic acids is 1. The number of halogens is 3. The number of amides is 2. The lowest BCUT2D eigenvalue weighted by Crippen LogP contribution is -2.25. The molecule has 23 heavy (non-hydrogen) atoms. The van der Waals surface area contributed by atoms with Crippen molar-refractivity contribution in [1.82, 2.24) is 5.32 Å². The molecule has 0 heterocycles. The molecule has 0 aromatic heterocycles. The number of anilines is 1. The Labute approximate surface area is 173 Å². The molecular formula is C13H13I3N2O5. The van der Waals surface area contributed by atoms with Crippen LogP contribution in [0.2, 0.25) is 0 Å². The van der Waals surface area contributed by atoms with E-state index in [-0.39, 0.29) is 18.0 Å². The zero-order valence-corrected chi connectivity index (χ0v) is 18.3. The van der Waals surface area contributed by atoms with E-state index < -0.39 is 18.5 Å². The molecule has 1 aromatic rings. The average molecular weight is 658 g/mol. The second-order valence-electron chi connectivity index (χ2n) is 4.31. The minimum absolute atomic E-state index is 0.0561. The van der Waals surface area contributed by atoms with Gasteiger partial charge in [-0.15, -0.1) is 0 Å². The maximum atomic E-state index is 11.5. The fourth-order valence-electron chi connectivity index (χ4n) is 1.66. The summed E-state index contributed by atoms with van der Waals surface area (Å²) in [7, 11) is 0. The lowest BCUT2D eigenvalue weighted by atomic mass is 10.1. The largest absolute Gasteiger partial charge is 0.478 e. The first-order valence-electron chi connectivity index (χ1n) is 6.34. The molecule has 1 aromatic carbocycles. The molecule has 7 nitrogen and oxygen atoms in total. The number of aliphatic hydroxyl groups is 1. The molecule has 0 bridgehead atoms. The molecule has 0 atom stereocenters. The van der Waals surface area contributed by atoms with Crippen LogP contribution in [0.25, 0.3) is 0 Å². The summed E-state index contributed by atoms with van der Waals surface area (Å²) in [5.74, 6) is -1.92. The molecule has 0 fully saturated rings. The number of nitrogens with one attached hydrogen (secondary N) is 2. The first-order chi connectivity index (χ1) is 10.7. The van der Waals surface area contributed by atoms with Crippen LogP contribution in [0.4, 0.5) is 5.69 Å². The van der Waals surface area contributed by atoms with Crippen molar-refractivity contribution in [2.45, 2.75) is 19.9 Å². The van der Waals surface area contributed by atoms with Gasteiger partial charge in [0.05, 0.1) is 14.8 Å². The van der Waals surface area contributed by atoms with Gasteiger partial charge in [-0.3, -0.25) is 9.59 Å². The summed E-state index contributed by atoms with van der Waals surface area (Å²) in [5.41, 5.74) is 0.989. The van der Waals surface area contributed by atoms with Crippen LogP contribution in [0.1, 0.15) is 29.3 Å². The van der Waals surface area contributed by atoms with Gasteiger partial charge in [0, 0.05) is 25.7 Å². The molecular weight excluding hydrogens is 645 g/mol. The van der Waals surface area contributed by atoms with Crippen LogP contribution >= 0.6 is 67.8 Å². The van der Waals surface area contributed by atoms with Crippen LogP contribution in [-0.4, -0.2) is 34.6 Å². The van der Waals surface area contributed by atoms with Gasteiger partial charge in [0.15, 0.2) is 0 Å². The van der Waals surface area contributed by atoms with Crippen molar-refractivity contribution >= 4 is 91.2 Å². The Morgan fingerprint density at radius 3 is 2.13 bits per heavy atom. The highest BCUT2D eigenvalue weighted by molar-refractivity contribution is 14.1. The van der Waals surface area contributed by atoms with Crippen LogP contribution in [0.5, 0.6) is 0 Å².